The third-order valence-corrected chi connectivity index (χ3v) is 12.4. The standard InChI is InChI=1S/C42H47F4N7O7/c1-41-15-25(43)18-51(22-41)37-31-17-47-35(34(46)36(31)48-38(49-37)59-23-42-8-4-9-52(42)19-26(44)16-42)30-14-28(60-40(55)53-10-12-57-21-27(53)20-56-2)13-24-6-7-32(45)29(33(24)30)5-3-11-58-39(54)50-41/h6-7,13-14,17,25-27H,3-5,8-12,15-16,18-23H2,1-2H3,(H,50,54)/t25-,26-,27+,41-,42+/m1/s1. The van der Waals surface area contributed by atoms with E-state index < -0.39 is 53.3 Å². The Labute approximate surface area is 343 Å². The van der Waals surface area contributed by atoms with E-state index in [9.17, 15) is 14.0 Å². The molecule has 4 fully saturated rings. The first kappa shape index (κ1) is 40.3. The smallest absolute Gasteiger partial charge is 0.415 e. The van der Waals surface area contributed by atoms with Crippen LogP contribution in [-0.4, -0.2) is 139 Å². The number of ether oxygens (including phenoxy) is 5. The summed E-state index contributed by atoms with van der Waals surface area (Å²) >= 11 is 0. The summed E-state index contributed by atoms with van der Waals surface area (Å²) in [6.07, 6.45) is -0.437. The van der Waals surface area contributed by atoms with Crippen LogP contribution in [0.1, 0.15) is 44.6 Å². The minimum absolute atomic E-state index is 0.0293. The maximum absolute atomic E-state index is 17.6. The first-order chi connectivity index (χ1) is 28.9. The van der Waals surface area contributed by atoms with Crippen LogP contribution in [0.2, 0.25) is 0 Å². The third kappa shape index (κ3) is 7.61. The van der Waals surface area contributed by atoms with Crippen molar-refractivity contribution >= 4 is 39.7 Å². The van der Waals surface area contributed by atoms with Crippen molar-refractivity contribution in [1.29, 1.82) is 0 Å². The molecule has 0 saturated carbocycles. The summed E-state index contributed by atoms with van der Waals surface area (Å²) < 4.78 is 92.6. The number of alkyl carbamates (subject to hydrolysis) is 1. The van der Waals surface area contributed by atoms with Crippen LogP contribution in [0.5, 0.6) is 11.8 Å². The van der Waals surface area contributed by atoms with E-state index >= 15 is 13.2 Å². The average Bonchev–Trinajstić information content (AvgIpc) is 3.74. The van der Waals surface area contributed by atoms with E-state index in [4.69, 9.17) is 28.7 Å². The number of halogens is 4. The molecule has 18 heteroatoms. The lowest BCUT2D eigenvalue weighted by molar-refractivity contribution is -0.0241. The van der Waals surface area contributed by atoms with E-state index in [2.05, 4.69) is 20.2 Å². The molecule has 0 radical (unpaired) electrons. The molecule has 0 spiro atoms. The average molecular weight is 838 g/mol. The maximum atomic E-state index is 17.6. The molecule has 2 amide bonds. The molecule has 60 heavy (non-hydrogen) atoms. The fourth-order valence-corrected chi connectivity index (χ4v) is 9.82. The van der Waals surface area contributed by atoms with Crippen LogP contribution in [0, 0.1) is 11.6 Å². The lowest BCUT2D eigenvalue weighted by Crippen LogP contribution is -2.60. The zero-order valence-electron chi connectivity index (χ0n) is 33.5. The van der Waals surface area contributed by atoms with Crippen molar-refractivity contribution in [3.63, 3.8) is 0 Å². The monoisotopic (exact) mass is 837 g/mol. The number of morpholine rings is 1. The van der Waals surface area contributed by atoms with Gasteiger partial charge >= 0.3 is 18.2 Å². The summed E-state index contributed by atoms with van der Waals surface area (Å²) in [7, 11) is 1.52. The number of carbonyl (C=O) groups is 2. The van der Waals surface area contributed by atoms with E-state index in [1.165, 1.54) is 36.4 Å². The Morgan fingerprint density at radius 1 is 1.07 bits per heavy atom. The molecule has 320 valence electrons. The number of anilines is 1. The number of aryl methyl sites for hydroxylation is 1. The Morgan fingerprint density at radius 2 is 1.92 bits per heavy atom. The highest BCUT2D eigenvalue weighted by Gasteiger charge is 2.49. The van der Waals surface area contributed by atoms with Crippen molar-refractivity contribution in [2.75, 3.05) is 77.8 Å². The van der Waals surface area contributed by atoms with E-state index in [1.807, 2.05) is 0 Å². The second kappa shape index (κ2) is 16.1. The Kier molecular flexibility index (Phi) is 10.8. The summed E-state index contributed by atoms with van der Waals surface area (Å²) in [5, 5.41) is 3.68. The molecular weight excluding hydrogens is 790 g/mol. The number of fused-ring (bicyclic) bond motifs is 7. The van der Waals surface area contributed by atoms with Crippen molar-refractivity contribution in [2.24, 2.45) is 0 Å². The van der Waals surface area contributed by atoms with Gasteiger partial charge in [-0.2, -0.15) is 9.97 Å². The van der Waals surface area contributed by atoms with Crippen LogP contribution in [0.25, 0.3) is 32.9 Å². The highest BCUT2D eigenvalue weighted by Crippen LogP contribution is 2.43. The molecule has 4 aromatic rings. The number of rotatable bonds is 6. The van der Waals surface area contributed by atoms with E-state index in [-0.39, 0.29) is 117 Å². The Bertz CT molecular complexity index is 2320. The van der Waals surface area contributed by atoms with Crippen molar-refractivity contribution in [3.8, 4) is 23.0 Å². The number of hydrogen-bond donors (Lipinski definition) is 1. The second-order valence-electron chi connectivity index (χ2n) is 16.8. The minimum atomic E-state index is -1.43. The van der Waals surface area contributed by atoms with E-state index in [1.54, 1.807) is 17.9 Å². The van der Waals surface area contributed by atoms with Gasteiger partial charge in [-0.1, -0.05) is 6.07 Å². The fraction of sp³-hybridized carbons (Fsp3) is 0.548. The van der Waals surface area contributed by atoms with Crippen molar-refractivity contribution in [2.45, 2.75) is 74.9 Å². The maximum Gasteiger partial charge on any atom is 0.415 e. The molecule has 0 aliphatic carbocycles. The molecule has 5 atom stereocenters. The number of carbonyl (C=O) groups excluding carboxylic acids is 2. The SMILES string of the molecule is COC[C@H]1COCCN1C(=O)Oc1cc2c3c(c(F)ccc3c1)CCCOC(=O)N[C@]1(C)C[C@@H](F)CN(C1)c1nc(OC[C@@]34CCCN3C[C@H](F)C4)nc3c(F)c-2ncc13. The van der Waals surface area contributed by atoms with Gasteiger partial charge in [0.25, 0.3) is 0 Å². The molecule has 2 aromatic carbocycles. The molecule has 10 rings (SSSR count). The normalized spacial score (nSPS) is 27.2. The van der Waals surface area contributed by atoms with Crippen LogP contribution in [-0.2, 0) is 20.6 Å². The Balaban J connectivity index is 1.20. The van der Waals surface area contributed by atoms with Gasteiger partial charge in [-0.3, -0.25) is 14.8 Å². The third-order valence-electron chi connectivity index (χ3n) is 12.4. The molecule has 0 unspecified atom stereocenters. The Hall–Kier alpha value is -5.07. The molecule has 8 heterocycles. The van der Waals surface area contributed by atoms with E-state index in [0.29, 0.717) is 30.3 Å². The van der Waals surface area contributed by atoms with Crippen LogP contribution in [0.3, 0.4) is 0 Å². The van der Waals surface area contributed by atoms with Crippen molar-refractivity contribution < 1.29 is 50.8 Å². The number of nitrogens with one attached hydrogen (secondary N) is 1. The number of hydrogen-bond acceptors (Lipinski definition) is 12. The first-order valence-corrected chi connectivity index (χ1v) is 20.5. The van der Waals surface area contributed by atoms with Gasteiger partial charge in [0.15, 0.2) is 5.82 Å². The molecule has 6 aliphatic rings. The molecule has 4 saturated heterocycles. The van der Waals surface area contributed by atoms with Gasteiger partial charge in [-0.25, -0.2) is 27.2 Å². The number of methoxy groups -OCH3 is 1. The number of benzene rings is 2. The summed E-state index contributed by atoms with van der Waals surface area (Å²) in [6, 6.07) is 5.18. The number of pyridine rings is 1. The van der Waals surface area contributed by atoms with Gasteiger partial charge in [0, 0.05) is 51.3 Å². The minimum Gasteiger partial charge on any atom is -0.461 e. The quantitative estimate of drug-likeness (QED) is 0.231. The number of aromatic nitrogens is 3. The molecule has 6 aliphatic heterocycles. The highest BCUT2D eigenvalue weighted by atomic mass is 19.1. The molecule has 2 aromatic heterocycles. The molecule has 1 N–H and O–H groups in total. The molecular formula is C42H47F4N7O7. The van der Waals surface area contributed by atoms with Gasteiger partial charge in [0.1, 0.15) is 47.5 Å². The zero-order chi connectivity index (χ0) is 41.8. The van der Waals surface area contributed by atoms with Gasteiger partial charge in [-0.15, -0.1) is 0 Å². The van der Waals surface area contributed by atoms with Crippen LogP contribution >= 0.6 is 0 Å². The van der Waals surface area contributed by atoms with Crippen LogP contribution in [0.15, 0.2) is 30.5 Å². The summed E-state index contributed by atoms with van der Waals surface area (Å²) in [6.45, 7) is 3.60. The number of nitrogens with zero attached hydrogens (tertiary/aromatic N) is 6. The van der Waals surface area contributed by atoms with Gasteiger partial charge in [0.05, 0.1) is 55.5 Å². The number of amides is 2. The zero-order valence-corrected chi connectivity index (χ0v) is 33.5. The number of piperidine rings is 1. The highest BCUT2D eigenvalue weighted by molar-refractivity contribution is 6.02. The molecule has 14 nitrogen and oxygen atoms in total. The second-order valence-corrected chi connectivity index (χ2v) is 16.8. The fourth-order valence-electron chi connectivity index (χ4n) is 9.82. The van der Waals surface area contributed by atoms with Crippen molar-refractivity contribution in [3.05, 3.63) is 47.7 Å². The van der Waals surface area contributed by atoms with Gasteiger partial charge < -0.3 is 33.9 Å². The van der Waals surface area contributed by atoms with Gasteiger partial charge in [-0.05, 0) is 73.7 Å². The molecule has 6 bridgehead atoms. The van der Waals surface area contributed by atoms with Gasteiger partial charge in [0.2, 0.25) is 0 Å². The summed E-state index contributed by atoms with van der Waals surface area (Å²) in [5.41, 5.74) is -1.83. The van der Waals surface area contributed by atoms with Crippen LogP contribution < -0.4 is 19.7 Å². The Morgan fingerprint density at radius 3 is 2.77 bits per heavy atom. The first-order valence-electron chi connectivity index (χ1n) is 20.5. The van der Waals surface area contributed by atoms with Crippen LogP contribution in [0.4, 0.5) is 33.0 Å². The van der Waals surface area contributed by atoms with Crippen molar-refractivity contribution in [1.82, 2.24) is 30.1 Å². The lowest BCUT2D eigenvalue weighted by atomic mass is 9.90. The van der Waals surface area contributed by atoms with E-state index in [0.717, 1.165) is 13.0 Å². The predicted molar refractivity (Wildman–Crippen MR) is 211 cm³/mol. The topological polar surface area (TPSA) is 141 Å². The lowest BCUT2D eigenvalue weighted by Gasteiger charge is -2.42. The largest absolute Gasteiger partial charge is 0.461 e. The summed E-state index contributed by atoms with van der Waals surface area (Å²) in [4.78, 5) is 45.9. The summed E-state index contributed by atoms with van der Waals surface area (Å²) in [5.74, 6) is -1.32. The predicted octanol–water partition coefficient (Wildman–Crippen LogP) is 5.90. The number of alkyl halides is 2.